The molecule has 0 aliphatic heterocycles. The highest BCUT2D eigenvalue weighted by Crippen LogP contribution is 2.18. The predicted octanol–water partition coefficient (Wildman–Crippen LogP) is 1.10. The molecular weight excluding hydrogens is 252 g/mol. The summed E-state index contributed by atoms with van der Waals surface area (Å²) in [6.07, 6.45) is 2.34. The van der Waals surface area contributed by atoms with Crippen LogP contribution in [0.3, 0.4) is 0 Å². The molecule has 1 heterocycles. The van der Waals surface area contributed by atoms with E-state index in [1.165, 1.54) is 17.1 Å². The van der Waals surface area contributed by atoms with Crippen molar-refractivity contribution in [2.45, 2.75) is 32.4 Å². The number of hydrogen-bond acceptors (Lipinski definition) is 4. The van der Waals surface area contributed by atoms with Crippen LogP contribution in [0.15, 0.2) is 16.5 Å². The van der Waals surface area contributed by atoms with E-state index in [-0.39, 0.29) is 5.75 Å². The average molecular weight is 272 g/mol. The van der Waals surface area contributed by atoms with Crippen molar-refractivity contribution in [1.29, 1.82) is 0 Å². The van der Waals surface area contributed by atoms with Gasteiger partial charge in [0.25, 0.3) is 0 Å². The molecule has 6 heteroatoms. The van der Waals surface area contributed by atoms with Crippen molar-refractivity contribution < 1.29 is 12.8 Å². The van der Waals surface area contributed by atoms with Crippen LogP contribution >= 0.6 is 0 Å². The molecule has 0 saturated heterocycles. The molecule has 0 radical (unpaired) electrons. The Hall–Kier alpha value is -0.850. The third kappa shape index (κ3) is 3.83. The summed E-state index contributed by atoms with van der Waals surface area (Å²) in [5.41, 5.74) is 0. The van der Waals surface area contributed by atoms with Crippen molar-refractivity contribution in [2.24, 2.45) is 0 Å². The Balaban J connectivity index is 1.83. The van der Waals surface area contributed by atoms with E-state index in [9.17, 15) is 8.42 Å². The van der Waals surface area contributed by atoms with E-state index in [1.54, 1.807) is 7.05 Å². The van der Waals surface area contributed by atoms with Crippen molar-refractivity contribution in [3.8, 4) is 0 Å². The van der Waals surface area contributed by atoms with Crippen LogP contribution in [0.2, 0.25) is 0 Å². The zero-order valence-electron chi connectivity index (χ0n) is 10.8. The normalized spacial score (nSPS) is 16.4. The van der Waals surface area contributed by atoms with Gasteiger partial charge in [-0.1, -0.05) is 0 Å². The van der Waals surface area contributed by atoms with Gasteiger partial charge in [0, 0.05) is 19.6 Å². The average Bonchev–Trinajstić information content (AvgIpc) is 3.02. The molecule has 2 rings (SSSR count). The number of nitrogens with one attached hydrogen (secondary N) is 1. The summed E-state index contributed by atoms with van der Waals surface area (Å²) in [7, 11) is -1.62. The maximum absolute atomic E-state index is 12.0. The smallest absolute Gasteiger partial charge is 0.215 e. The second-order valence-corrected chi connectivity index (χ2v) is 7.01. The van der Waals surface area contributed by atoms with E-state index in [0.717, 1.165) is 5.76 Å². The van der Waals surface area contributed by atoms with Crippen LogP contribution < -0.4 is 5.32 Å². The van der Waals surface area contributed by atoms with Crippen LogP contribution in [0.5, 0.6) is 0 Å². The van der Waals surface area contributed by atoms with E-state index in [0.29, 0.717) is 24.9 Å². The van der Waals surface area contributed by atoms with Gasteiger partial charge in [-0.15, -0.1) is 0 Å². The molecule has 0 spiro atoms. The Morgan fingerprint density at radius 1 is 1.44 bits per heavy atom. The van der Waals surface area contributed by atoms with Gasteiger partial charge >= 0.3 is 0 Å². The van der Waals surface area contributed by atoms with E-state index >= 15 is 0 Å². The lowest BCUT2D eigenvalue weighted by atomic mass is 10.4. The van der Waals surface area contributed by atoms with E-state index in [2.05, 4.69) is 5.32 Å². The predicted molar refractivity (Wildman–Crippen MR) is 69.7 cm³/mol. The van der Waals surface area contributed by atoms with Gasteiger partial charge in [-0.25, -0.2) is 8.42 Å². The minimum absolute atomic E-state index is 0.139. The quantitative estimate of drug-likeness (QED) is 0.807. The summed E-state index contributed by atoms with van der Waals surface area (Å²) in [6, 6.07) is 4.19. The SMILES string of the molecule is Cc1ccc(CN(C)S(=O)(=O)CCNC2CC2)o1. The van der Waals surface area contributed by atoms with E-state index < -0.39 is 10.0 Å². The second kappa shape index (κ2) is 5.42. The summed E-state index contributed by atoms with van der Waals surface area (Å²) in [6.45, 7) is 2.66. The van der Waals surface area contributed by atoms with Crippen LogP contribution in [0, 0.1) is 6.92 Å². The summed E-state index contributed by atoms with van der Waals surface area (Å²) in [5, 5.41) is 3.21. The van der Waals surface area contributed by atoms with Crippen molar-refractivity contribution in [2.75, 3.05) is 19.3 Å². The topological polar surface area (TPSA) is 62.6 Å². The number of aryl methyl sites for hydroxylation is 1. The molecule has 1 saturated carbocycles. The van der Waals surface area contributed by atoms with Crippen molar-refractivity contribution in [1.82, 2.24) is 9.62 Å². The first-order valence-corrected chi connectivity index (χ1v) is 7.81. The molecule has 1 fully saturated rings. The third-order valence-electron chi connectivity index (χ3n) is 3.02. The molecule has 0 amide bonds. The van der Waals surface area contributed by atoms with Crippen molar-refractivity contribution in [3.05, 3.63) is 23.7 Å². The molecule has 1 aliphatic rings. The Morgan fingerprint density at radius 2 is 2.17 bits per heavy atom. The minimum Gasteiger partial charge on any atom is -0.465 e. The van der Waals surface area contributed by atoms with E-state index in [1.807, 2.05) is 19.1 Å². The first-order chi connectivity index (χ1) is 8.47. The number of sulfonamides is 1. The van der Waals surface area contributed by atoms with Crippen LogP contribution in [-0.4, -0.2) is 38.1 Å². The maximum atomic E-state index is 12.0. The monoisotopic (exact) mass is 272 g/mol. The van der Waals surface area contributed by atoms with Crippen LogP contribution in [-0.2, 0) is 16.6 Å². The fourth-order valence-corrected chi connectivity index (χ4v) is 2.73. The fourth-order valence-electron chi connectivity index (χ4n) is 1.72. The highest BCUT2D eigenvalue weighted by atomic mass is 32.2. The highest BCUT2D eigenvalue weighted by Gasteiger charge is 2.23. The van der Waals surface area contributed by atoms with Gasteiger partial charge in [-0.2, -0.15) is 4.31 Å². The molecule has 0 atom stereocenters. The first-order valence-electron chi connectivity index (χ1n) is 6.20. The van der Waals surface area contributed by atoms with Gasteiger partial charge < -0.3 is 9.73 Å². The summed E-state index contributed by atoms with van der Waals surface area (Å²) >= 11 is 0. The lowest BCUT2D eigenvalue weighted by Crippen LogP contribution is -2.33. The van der Waals surface area contributed by atoms with Gasteiger partial charge in [0.2, 0.25) is 10.0 Å². The van der Waals surface area contributed by atoms with Gasteiger partial charge in [0.15, 0.2) is 0 Å². The molecule has 0 aromatic carbocycles. The fraction of sp³-hybridized carbons (Fsp3) is 0.667. The largest absolute Gasteiger partial charge is 0.465 e. The summed E-state index contributed by atoms with van der Waals surface area (Å²) in [5.74, 6) is 1.61. The van der Waals surface area contributed by atoms with Gasteiger partial charge in [-0.05, 0) is 31.9 Å². The van der Waals surface area contributed by atoms with E-state index in [4.69, 9.17) is 4.42 Å². The molecule has 0 bridgehead atoms. The summed E-state index contributed by atoms with van der Waals surface area (Å²) < 4.78 is 30.7. The number of furan rings is 1. The first kappa shape index (κ1) is 13.6. The zero-order valence-corrected chi connectivity index (χ0v) is 11.7. The zero-order chi connectivity index (χ0) is 13.2. The molecule has 1 aromatic rings. The molecule has 1 aromatic heterocycles. The molecule has 5 nitrogen and oxygen atoms in total. The molecular formula is C12H20N2O3S. The minimum atomic E-state index is -3.21. The third-order valence-corrected chi connectivity index (χ3v) is 4.82. The van der Waals surface area contributed by atoms with Crippen LogP contribution in [0.4, 0.5) is 0 Å². The molecule has 102 valence electrons. The highest BCUT2D eigenvalue weighted by molar-refractivity contribution is 7.89. The standard InChI is InChI=1S/C12H20N2O3S/c1-10-3-6-12(17-10)9-14(2)18(15,16)8-7-13-11-4-5-11/h3,6,11,13H,4-5,7-9H2,1-2H3. The number of hydrogen-bond donors (Lipinski definition) is 1. The lowest BCUT2D eigenvalue weighted by Gasteiger charge is -2.16. The van der Waals surface area contributed by atoms with Gasteiger partial charge in [0.05, 0.1) is 12.3 Å². The molecule has 0 unspecified atom stereocenters. The maximum Gasteiger partial charge on any atom is 0.215 e. The van der Waals surface area contributed by atoms with Gasteiger partial charge in [0.1, 0.15) is 11.5 Å². The molecule has 18 heavy (non-hydrogen) atoms. The number of nitrogens with zero attached hydrogens (tertiary/aromatic N) is 1. The Labute approximate surface area is 108 Å². The Kier molecular flexibility index (Phi) is 4.09. The van der Waals surface area contributed by atoms with Crippen LogP contribution in [0.1, 0.15) is 24.4 Å². The summed E-state index contributed by atoms with van der Waals surface area (Å²) in [4.78, 5) is 0. The molecule has 1 aliphatic carbocycles. The number of rotatable bonds is 7. The van der Waals surface area contributed by atoms with Crippen molar-refractivity contribution in [3.63, 3.8) is 0 Å². The second-order valence-electron chi connectivity index (χ2n) is 4.81. The van der Waals surface area contributed by atoms with Gasteiger partial charge in [-0.3, -0.25) is 0 Å². The lowest BCUT2D eigenvalue weighted by molar-refractivity contribution is 0.397. The molecule has 1 N–H and O–H groups in total. The Morgan fingerprint density at radius 3 is 2.72 bits per heavy atom. The van der Waals surface area contributed by atoms with Crippen molar-refractivity contribution >= 4 is 10.0 Å². The Bertz CT molecular complexity index is 491. The van der Waals surface area contributed by atoms with Crippen LogP contribution in [0.25, 0.3) is 0 Å².